The van der Waals surface area contributed by atoms with Gasteiger partial charge >= 0.3 is 7.60 Å². The number of aryl methyl sites for hydroxylation is 4. The molecule has 0 saturated heterocycles. The largest absolute Gasteiger partial charge is 0.497 e. The summed E-state index contributed by atoms with van der Waals surface area (Å²) >= 11 is 0. The third-order valence-electron chi connectivity index (χ3n) is 22.9. The van der Waals surface area contributed by atoms with Crippen molar-refractivity contribution in [3.8, 4) is 79.5 Å². The highest BCUT2D eigenvalue weighted by Gasteiger charge is 2.28. The van der Waals surface area contributed by atoms with Crippen LogP contribution in [0.25, 0.3) is 89.2 Å². The maximum atomic E-state index is 14.3. The van der Waals surface area contributed by atoms with Crippen LogP contribution < -0.4 is 64.4 Å². The van der Waals surface area contributed by atoms with Gasteiger partial charge in [-0.1, -0.05) is 12.1 Å². The Morgan fingerprint density at radius 3 is 1.16 bits per heavy atom. The second-order valence-corrected chi connectivity index (χ2v) is 35.0. The predicted octanol–water partition coefficient (Wildman–Crippen LogP) is 19.4. The summed E-state index contributed by atoms with van der Waals surface area (Å²) in [6, 6.07) is 63.7. The molecule has 0 aliphatic carbocycles. The van der Waals surface area contributed by atoms with Crippen LogP contribution in [0.4, 0.5) is 55.7 Å². The molecule has 5 N–H and O–H groups in total. The number of aliphatic hydroxyl groups excluding tert-OH is 1. The van der Waals surface area contributed by atoms with Gasteiger partial charge in [0.2, 0.25) is 5.91 Å². The van der Waals surface area contributed by atoms with Gasteiger partial charge in [0.05, 0.1) is 172 Å². The Bertz CT molecular complexity index is 7410. The Morgan fingerprint density at radius 1 is 0.415 bits per heavy atom. The van der Waals surface area contributed by atoms with Crippen LogP contribution in [0.3, 0.4) is 0 Å². The minimum absolute atomic E-state index is 0.0142. The number of fused-ring (bicyclic) bond motifs is 4. The average Bonchev–Trinajstić information content (AvgIpc) is 0.886. The number of nitrogens with zero attached hydrogens (tertiary/aromatic N) is 18. The molecule has 0 fully saturated rings. The number of ether oxygens (including phenoxy) is 6. The number of carbonyl (C=O) groups excluding carboxylic acids is 2. The van der Waals surface area contributed by atoms with Crippen LogP contribution in [0.1, 0.15) is 42.0 Å². The summed E-state index contributed by atoms with van der Waals surface area (Å²) in [6.07, 6.45) is 25.3. The molecule has 0 aliphatic heterocycles. The molecule has 728 valence electrons. The Labute approximate surface area is 821 Å². The highest BCUT2D eigenvalue weighted by molar-refractivity contribution is 7.53. The zero-order valence-electron chi connectivity index (χ0n) is 81.1. The summed E-state index contributed by atoms with van der Waals surface area (Å²) in [6.45, 7) is 5.93. The van der Waals surface area contributed by atoms with Crippen LogP contribution in [-0.2, 0) is 59.7 Å². The number of nitrogens with two attached hydrogens (primary N) is 1. The number of nitrogens with one attached hydrogen (secondary N) is 2. The van der Waals surface area contributed by atoms with Crippen molar-refractivity contribution in [2.45, 2.75) is 33.4 Å². The molecule has 35 heteroatoms. The first kappa shape index (κ1) is 99.9. The lowest BCUT2D eigenvalue weighted by atomic mass is 10.1. The van der Waals surface area contributed by atoms with E-state index in [4.69, 9.17) is 68.1 Å². The van der Waals surface area contributed by atoms with Gasteiger partial charge in [-0.25, -0.2) is 29.3 Å². The molecule has 0 unspecified atom stereocenters. The highest BCUT2D eigenvalue weighted by Crippen LogP contribution is 2.49. The molecule has 142 heavy (non-hydrogen) atoms. The van der Waals surface area contributed by atoms with E-state index in [1.54, 1.807) is 91.7 Å². The number of anilines is 9. The van der Waals surface area contributed by atoms with Gasteiger partial charge in [-0.05, 0) is 160 Å². The van der Waals surface area contributed by atoms with Crippen LogP contribution in [0.5, 0.6) is 34.5 Å². The minimum atomic E-state index is -3.28. The maximum Gasteiger partial charge on any atom is 0.332 e. The van der Waals surface area contributed by atoms with Crippen LogP contribution in [0.2, 0.25) is 0 Å². The van der Waals surface area contributed by atoms with E-state index in [1.807, 2.05) is 301 Å². The molecular weight excluding hydrogens is 1820 g/mol. The lowest BCUT2D eigenvalue weighted by Gasteiger charge is -2.28. The van der Waals surface area contributed by atoms with E-state index in [0.717, 1.165) is 129 Å². The lowest BCUT2D eigenvalue weighted by molar-refractivity contribution is -0.114. The molecule has 0 atom stereocenters. The summed E-state index contributed by atoms with van der Waals surface area (Å²) in [7, 11) is 15.8. The molecule has 0 aliphatic rings. The number of benzene rings is 8. The van der Waals surface area contributed by atoms with Crippen molar-refractivity contribution in [1.29, 1.82) is 0 Å². The van der Waals surface area contributed by atoms with Crippen LogP contribution >= 0.6 is 7.60 Å². The van der Waals surface area contributed by atoms with E-state index in [2.05, 4.69) is 40.5 Å². The predicted molar refractivity (Wildman–Crippen MR) is 553 cm³/mol. The molecule has 10 heterocycles. The van der Waals surface area contributed by atoms with Gasteiger partial charge in [-0.2, -0.15) is 0 Å². The summed E-state index contributed by atoms with van der Waals surface area (Å²) in [5, 5.41) is 14.8. The quantitative estimate of drug-likeness (QED) is 0.0268. The molecule has 0 radical (unpaired) electrons. The van der Waals surface area contributed by atoms with Crippen molar-refractivity contribution in [2.75, 3.05) is 120 Å². The second-order valence-electron chi connectivity index (χ2n) is 32.8. The van der Waals surface area contributed by atoms with E-state index < -0.39 is 13.4 Å². The monoisotopic (exact) mass is 1930 g/mol. The highest BCUT2D eigenvalue weighted by atomic mass is 31.2. The zero-order chi connectivity index (χ0) is 99.9. The van der Waals surface area contributed by atoms with Crippen molar-refractivity contribution in [3.05, 3.63) is 310 Å². The second kappa shape index (κ2) is 46.8. The average molecular weight is 1930 g/mol. The van der Waals surface area contributed by atoms with E-state index in [9.17, 15) is 23.7 Å². The SMILES string of the molecule is CCOP(=O)(CCN(c1cc(OC)cc(OC)c1)c1ccc2ncc(-c3ccn(C)c3)nc2c1)OCC.CNC(=O)c1cc(F)cc(N(CCCO)c2ccc3ncc(-c4ccn(C)c4)nc3c2)c1.COc1cc(OC)cc(N(CC(=O)Nc2ccccn2)c2ccc3ncc(-c4ccn(C)c4)nc3c2)c1.COc1cc(OC)cc(N(Cc2cccc(CN)n2)c2ccc3ncc(-c4ccn(C)c4)nc3c2)c1. The number of halogens is 1. The standard InChI is InChI=1S/C28H26N6O3.C28H28N6O2.C27H33N4O5P.C24H24FN5O2/c1-33-11-9-19(17-33)26-16-30-24-8-7-20(14-25(24)31-26)34(18-28(35)32-27-6-4-5-10-29-27)21-12-22(36-2)15-23(13-21)37-3;1-33-10-9-19(17-33)28-16-30-26-8-7-22(13-27(26)32-28)34(18-21-6-4-5-20(15-29)31-21)23-11-24(35-2)14-25(12-23)36-3;1-6-35-37(32,36-7-2)13-12-31(22-14-23(33-4)17-24(15-22)34-5)21-8-9-25-26(16-21)29-27(18-28-25)20-10-11-30(3)19-20;1-26-24(32)17-10-18(25)12-20(11-17)30(7-3-9-31)19-4-5-21-22(13-19)28-23(14-27-21)16-6-8-29(2)15-16/h4-17H,18H2,1-3H3,(H,29,32,35);4-14,16-17H,15,18,29H2,1-3H3;8-11,14-19H,6-7,12-13H2,1-5H3;4-6,8,10-15,31H,3,7,9H2,1-2H3,(H,26,32). The van der Waals surface area contributed by atoms with Crippen LogP contribution in [-0.4, -0.2) is 180 Å². The Morgan fingerprint density at radius 2 is 0.796 bits per heavy atom. The molecule has 2 amide bonds. The lowest BCUT2D eigenvalue weighted by Crippen LogP contribution is -2.30. The summed E-state index contributed by atoms with van der Waals surface area (Å²) in [5.41, 5.74) is 27.2. The van der Waals surface area contributed by atoms with Gasteiger partial charge in [-0.15, -0.1) is 0 Å². The Kier molecular flexibility index (Phi) is 32.9. The van der Waals surface area contributed by atoms with Gasteiger partial charge in [0.15, 0.2) is 0 Å². The van der Waals surface area contributed by atoms with Gasteiger partial charge in [0.1, 0.15) is 52.7 Å². The number of rotatable bonds is 35. The first-order valence-electron chi connectivity index (χ1n) is 45.7. The summed E-state index contributed by atoms with van der Waals surface area (Å²) in [5.74, 6) is 3.26. The van der Waals surface area contributed by atoms with E-state index in [0.29, 0.717) is 103 Å². The molecular formula is C107H111FN21O12P. The number of carbonyl (C=O) groups is 2. The van der Waals surface area contributed by atoms with Crippen molar-refractivity contribution < 1.29 is 61.1 Å². The molecule has 10 aromatic heterocycles. The van der Waals surface area contributed by atoms with Crippen molar-refractivity contribution >= 4 is 115 Å². The molecule has 0 bridgehead atoms. The summed E-state index contributed by atoms with van der Waals surface area (Å²) in [4.78, 5) is 79.8. The molecule has 0 saturated carbocycles. The number of aromatic nitrogens is 14. The smallest absolute Gasteiger partial charge is 0.332 e. The number of pyridine rings is 2. The van der Waals surface area contributed by atoms with E-state index in [-0.39, 0.29) is 36.7 Å². The molecule has 0 spiro atoms. The molecule has 8 aromatic carbocycles. The van der Waals surface area contributed by atoms with Gasteiger partial charge in [-0.3, -0.25) is 39.1 Å². The normalized spacial score (nSPS) is 11.1. The van der Waals surface area contributed by atoms with Gasteiger partial charge < -0.3 is 96.8 Å². The number of aliphatic hydroxyl groups is 1. The van der Waals surface area contributed by atoms with Gasteiger partial charge in [0, 0.05) is 245 Å². The fourth-order valence-electron chi connectivity index (χ4n) is 15.8. The van der Waals surface area contributed by atoms with Gasteiger partial charge in [0.25, 0.3) is 5.91 Å². The van der Waals surface area contributed by atoms with Crippen molar-refractivity contribution in [1.82, 2.24) is 73.4 Å². The number of methoxy groups -OCH3 is 6. The van der Waals surface area contributed by atoms with E-state index in [1.165, 1.54) is 19.2 Å². The summed E-state index contributed by atoms with van der Waals surface area (Å²) < 4.78 is 79.7. The molecule has 18 aromatic rings. The van der Waals surface area contributed by atoms with Crippen molar-refractivity contribution in [2.24, 2.45) is 33.9 Å². The minimum Gasteiger partial charge on any atom is -0.497 e. The Hall–Kier alpha value is -16.5. The Balaban J connectivity index is 0.000000143. The number of hydrogen-bond acceptors (Lipinski definition) is 27. The fraction of sp³-hybridized carbons (Fsp3) is 0.215. The van der Waals surface area contributed by atoms with Crippen molar-refractivity contribution in [3.63, 3.8) is 0 Å². The number of hydrogen-bond donors (Lipinski definition) is 4. The van der Waals surface area contributed by atoms with Crippen LogP contribution in [0.15, 0.2) is 287 Å². The van der Waals surface area contributed by atoms with Crippen LogP contribution in [0, 0.1) is 5.82 Å². The molecule has 18 rings (SSSR count). The first-order chi connectivity index (χ1) is 68.9. The first-order valence-corrected chi connectivity index (χ1v) is 47.4. The zero-order valence-corrected chi connectivity index (χ0v) is 82.0. The third kappa shape index (κ3) is 25.1. The molecule has 33 nitrogen and oxygen atoms in total. The fourth-order valence-corrected chi connectivity index (χ4v) is 17.4. The third-order valence-corrected chi connectivity index (χ3v) is 25.0. The topological polar surface area (TPSA) is 357 Å². The maximum absolute atomic E-state index is 14.3. The number of amides is 2. The van der Waals surface area contributed by atoms with E-state index >= 15 is 0 Å².